The van der Waals surface area contributed by atoms with Crippen LogP contribution in [0.4, 0.5) is 10.1 Å². The van der Waals surface area contributed by atoms with Gasteiger partial charge in [-0.05, 0) is 77.5 Å². The molecule has 1 amide bonds. The third kappa shape index (κ3) is 4.77. The van der Waals surface area contributed by atoms with Crippen LogP contribution in [0.1, 0.15) is 91.8 Å². The summed E-state index contributed by atoms with van der Waals surface area (Å²) in [6.45, 7) is 4.17. The van der Waals surface area contributed by atoms with Gasteiger partial charge in [-0.15, -0.1) is 0 Å². The lowest BCUT2D eigenvalue weighted by molar-refractivity contribution is -0.117. The standard InChI is InChI=1S/C32H38FN3O2/c1-6-29(33)28-17-26-20(2)24(11-8-7-10-21(26)14-27(28)23-18-34-35(3)19-23)22-15-30-25(31(16-22)38-5)12-9-13-32(37)36(30)4/h9,12,14-20,24,29H,6-8,10-11,13H2,1-5H3. The quantitative estimate of drug-likeness (QED) is 0.353. The first-order valence-electron chi connectivity index (χ1n) is 13.8. The minimum Gasteiger partial charge on any atom is -0.496 e. The van der Waals surface area contributed by atoms with E-state index in [0.717, 1.165) is 59.4 Å². The van der Waals surface area contributed by atoms with Gasteiger partial charge in [-0.1, -0.05) is 44.6 Å². The Bertz CT molecular complexity index is 1380. The molecule has 0 bridgehead atoms. The van der Waals surface area contributed by atoms with Crippen molar-refractivity contribution in [1.82, 2.24) is 9.78 Å². The van der Waals surface area contributed by atoms with Crippen LogP contribution in [0.2, 0.25) is 0 Å². The van der Waals surface area contributed by atoms with Crippen molar-refractivity contribution >= 4 is 17.7 Å². The number of nitrogens with zero attached hydrogens (tertiary/aromatic N) is 3. The molecule has 3 atom stereocenters. The molecule has 0 radical (unpaired) electrons. The van der Waals surface area contributed by atoms with Crippen molar-refractivity contribution in [1.29, 1.82) is 0 Å². The average molecular weight is 516 g/mol. The number of hydrogen-bond donors (Lipinski definition) is 0. The Morgan fingerprint density at radius 3 is 2.71 bits per heavy atom. The normalized spacial score (nSPS) is 20.3. The number of carbonyl (C=O) groups is 1. The smallest absolute Gasteiger partial charge is 0.230 e. The Morgan fingerprint density at radius 1 is 1.18 bits per heavy atom. The predicted molar refractivity (Wildman–Crippen MR) is 152 cm³/mol. The molecule has 6 heteroatoms. The van der Waals surface area contributed by atoms with Crippen LogP contribution < -0.4 is 9.64 Å². The highest BCUT2D eigenvalue weighted by atomic mass is 19.1. The van der Waals surface area contributed by atoms with Crippen LogP contribution in [0.5, 0.6) is 5.75 Å². The van der Waals surface area contributed by atoms with E-state index in [1.807, 2.05) is 45.6 Å². The summed E-state index contributed by atoms with van der Waals surface area (Å²) in [4.78, 5) is 14.4. The molecule has 0 spiro atoms. The molecule has 1 aliphatic heterocycles. The van der Waals surface area contributed by atoms with E-state index in [2.05, 4.69) is 36.3 Å². The highest BCUT2D eigenvalue weighted by molar-refractivity contribution is 5.99. The van der Waals surface area contributed by atoms with Gasteiger partial charge in [-0.3, -0.25) is 9.48 Å². The maximum Gasteiger partial charge on any atom is 0.230 e. The molecule has 5 rings (SSSR count). The highest BCUT2D eigenvalue weighted by Crippen LogP contribution is 2.46. The van der Waals surface area contributed by atoms with E-state index >= 15 is 4.39 Å². The largest absolute Gasteiger partial charge is 0.496 e. The number of hydrogen-bond acceptors (Lipinski definition) is 3. The number of halogens is 1. The monoisotopic (exact) mass is 515 g/mol. The predicted octanol–water partition coefficient (Wildman–Crippen LogP) is 7.51. The van der Waals surface area contributed by atoms with Gasteiger partial charge in [0.1, 0.15) is 11.9 Å². The molecule has 200 valence electrons. The van der Waals surface area contributed by atoms with Crippen molar-refractivity contribution in [3.8, 4) is 16.9 Å². The molecule has 2 aromatic carbocycles. The first kappa shape index (κ1) is 26.2. The van der Waals surface area contributed by atoms with Gasteiger partial charge in [0, 0.05) is 37.8 Å². The lowest BCUT2D eigenvalue weighted by atomic mass is 9.74. The van der Waals surface area contributed by atoms with Gasteiger partial charge in [0.2, 0.25) is 5.91 Å². The Balaban J connectivity index is 1.63. The summed E-state index contributed by atoms with van der Waals surface area (Å²) in [5, 5.41) is 4.35. The summed E-state index contributed by atoms with van der Waals surface area (Å²) >= 11 is 0. The fourth-order valence-corrected chi connectivity index (χ4v) is 6.22. The zero-order chi connectivity index (χ0) is 27.0. The van der Waals surface area contributed by atoms with Crippen LogP contribution in [-0.2, 0) is 18.3 Å². The summed E-state index contributed by atoms with van der Waals surface area (Å²) in [6, 6.07) is 8.67. The van der Waals surface area contributed by atoms with E-state index in [9.17, 15) is 4.79 Å². The first-order valence-corrected chi connectivity index (χ1v) is 13.8. The molecule has 0 fully saturated rings. The topological polar surface area (TPSA) is 47.4 Å². The van der Waals surface area contributed by atoms with Crippen molar-refractivity contribution in [2.24, 2.45) is 7.05 Å². The number of aryl methyl sites for hydroxylation is 2. The van der Waals surface area contributed by atoms with Gasteiger partial charge in [0.05, 0.1) is 19.0 Å². The van der Waals surface area contributed by atoms with Crippen molar-refractivity contribution in [3.63, 3.8) is 0 Å². The van der Waals surface area contributed by atoms with E-state index in [0.29, 0.717) is 12.8 Å². The number of amides is 1. The van der Waals surface area contributed by atoms with Gasteiger partial charge in [-0.25, -0.2) is 4.39 Å². The number of rotatable bonds is 5. The fourth-order valence-electron chi connectivity index (χ4n) is 6.22. The third-order valence-corrected chi connectivity index (χ3v) is 8.43. The minimum absolute atomic E-state index is 0.0661. The molecule has 3 unspecified atom stereocenters. The summed E-state index contributed by atoms with van der Waals surface area (Å²) in [5.74, 6) is 1.26. The molecule has 0 saturated heterocycles. The zero-order valence-corrected chi connectivity index (χ0v) is 23.1. The number of carbonyl (C=O) groups excluding carboxylic acids is 1. The number of aromatic nitrogens is 2. The Morgan fingerprint density at radius 2 is 2.00 bits per heavy atom. The zero-order valence-electron chi connectivity index (χ0n) is 23.1. The lowest BCUT2D eigenvalue weighted by Crippen LogP contribution is -2.25. The molecule has 5 nitrogen and oxygen atoms in total. The second-order valence-corrected chi connectivity index (χ2v) is 10.8. The summed E-state index contributed by atoms with van der Waals surface area (Å²) < 4.78 is 23.0. The number of fused-ring (bicyclic) bond motifs is 2. The molecular weight excluding hydrogens is 477 g/mol. The molecular formula is C32H38FN3O2. The molecule has 2 heterocycles. The number of ether oxygens (including phenoxy) is 1. The Kier molecular flexibility index (Phi) is 7.42. The number of methoxy groups -OCH3 is 1. The van der Waals surface area contributed by atoms with Crippen LogP contribution in [0.15, 0.2) is 42.7 Å². The van der Waals surface area contributed by atoms with Crippen molar-refractivity contribution in [2.45, 2.75) is 70.4 Å². The number of anilines is 1. The van der Waals surface area contributed by atoms with Crippen molar-refractivity contribution in [3.05, 3.63) is 70.6 Å². The lowest BCUT2D eigenvalue weighted by Gasteiger charge is -2.32. The van der Waals surface area contributed by atoms with Crippen LogP contribution in [0.3, 0.4) is 0 Å². The van der Waals surface area contributed by atoms with Crippen LogP contribution in [0.25, 0.3) is 17.2 Å². The maximum atomic E-state index is 15.4. The van der Waals surface area contributed by atoms with E-state index in [4.69, 9.17) is 4.74 Å². The van der Waals surface area contributed by atoms with E-state index in [-0.39, 0.29) is 17.7 Å². The van der Waals surface area contributed by atoms with Gasteiger partial charge in [0.15, 0.2) is 0 Å². The molecule has 1 aromatic heterocycles. The van der Waals surface area contributed by atoms with Crippen LogP contribution >= 0.6 is 0 Å². The van der Waals surface area contributed by atoms with Crippen molar-refractivity contribution < 1.29 is 13.9 Å². The van der Waals surface area contributed by atoms with Crippen LogP contribution in [-0.4, -0.2) is 29.8 Å². The van der Waals surface area contributed by atoms with Crippen LogP contribution in [0, 0.1) is 0 Å². The van der Waals surface area contributed by atoms with Gasteiger partial charge >= 0.3 is 0 Å². The van der Waals surface area contributed by atoms with E-state index in [1.54, 1.807) is 16.7 Å². The molecule has 0 N–H and O–H groups in total. The fraction of sp³-hybridized carbons (Fsp3) is 0.438. The first-order chi connectivity index (χ1) is 18.3. The molecule has 3 aromatic rings. The van der Waals surface area contributed by atoms with E-state index < -0.39 is 6.17 Å². The summed E-state index contributed by atoms with van der Waals surface area (Å²) in [5.41, 5.74) is 8.18. The average Bonchev–Trinajstić information content (AvgIpc) is 3.30. The summed E-state index contributed by atoms with van der Waals surface area (Å²) in [6.07, 6.45) is 11.7. The minimum atomic E-state index is -1.04. The SMILES string of the molecule is CCC(F)c1cc2c(cc1-c1cnn(C)c1)CCCCC(c1cc(OC)c3c(c1)N(C)C(=O)CC=C3)C2C. The second-order valence-electron chi connectivity index (χ2n) is 10.8. The highest BCUT2D eigenvalue weighted by Gasteiger charge is 2.30. The molecule has 0 saturated carbocycles. The molecule has 2 aliphatic rings. The van der Waals surface area contributed by atoms with Gasteiger partial charge in [0.25, 0.3) is 0 Å². The summed E-state index contributed by atoms with van der Waals surface area (Å²) in [7, 11) is 5.42. The van der Waals surface area contributed by atoms with Crippen molar-refractivity contribution in [2.75, 3.05) is 19.1 Å². The maximum absolute atomic E-state index is 15.4. The molecule has 38 heavy (non-hydrogen) atoms. The third-order valence-electron chi connectivity index (χ3n) is 8.43. The number of benzene rings is 2. The number of alkyl halides is 1. The Hall–Kier alpha value is -3.41. The van der Waals surface area contributed by atoms with Gasteiger partial charge < -0.3 is 9.64 Å². The van der Waals surface area contributed by atoms with Gasteiger partial charge in [-0.2, -0.15) is 5.10 Å². The van der Waals surface area contributed by atoms with E-state index in [1.165, 1.54) is 16.7 Å². The molecule has 1 aliphatic carbocycles. The second kappa shape index (κ2) is 10.8. The Labute approximate surface area is 225 Å².